The maximum Gasteiger partial charge on any atom is 0.327 e. The van der Waals surface area contributed by atoms with Crippen molar-refractivity contribution in [1.29, 1.82) is 0 Å². The Morgan fingerprint density at radius 3 is 2.38 bits per heavy atom. The highest BCUT2D eigenvalue weighted by Gasteiger charge is 2.35. The molecule has 118 valence electrons. The van der Waals surface area contributed by atoms with Gasteiger partial charge in [0.15, 0.2) is 0 Å². The molecule has 1 unspecified atom stereocenters. The molecule has 0 bridgehead atoms. The van der Waals surface area contributed by atoms with Gasteiger partial charge in [0.1, 0.15) is 11.3 Å². The molecule has 0 heterocycles. The molecular weight excluding hydrogens is 268 g/mol. The van der Waals surface area contributed by atoms with Gasteiger partial charge in [-0.25, -0.2) is 4.79 Å². The number of hydrogen-bond donors (Lipinski definition) is 1. The number of ether oxygens (including phenoxy) is 2. The summed E-state index contributed by atoms with van der Waals surface area (Å²) in [7, 11) is 5.01. The molecular formula is C16H26N2O3. The van der Waals surface area contributed by atoms with Gasteiger partial charge in [0.05, 0.1) is 14.2 Å². The minimum Gasteiger partial charge on any atom is -0.497 e. The van der Waals surface area contributed by atoms with Crippen LogP contribution in [0.5, 0.6) is 5.75 Å². The highest BCUT2D eigenvalue weighted by molar-refractivity contribution is 5.81. The molecule has 0 fully saturated rings. The number of methoxy groups -OCH3 is 2. The SMILES string of the molecule is CCCNC(C)(CN(C)c1ccc(OC)cc1)C(=O)OC. The second-order valence-electron chi connectivity index (χ2n) is 5.30. The molecule has 0 aliphatic rings. The number of anilines is 1. The van der Waals surface area contributed by atoms with E-state index < -0.39 is 5.54 Å². The molecule has 1 aromatic rings. The van der Waals surface area contributed by atoms with Crippen LogP contribution in [0.25, 0.3) is 0 Å². The van der Waals surface area contributed by atoms with E-state index in [0.29, 0.717) is 6.54 Å². The second kappa shape index (κ2) is 7.88. The van der Waals surface area contributed by atoms with E-state index in [4.69, 9.17) is 9.47 Å². The van der Waals surface area contributed by atoms with Crippen molar-refractivity contribution in [2.45, 2.75) is 25.8 Å². The third kappa shape index (κ3) is 4.63. The molecule has 0 aromatic heterocycles. The smallest absolute Gasteiger partial charge is 0.327 e. The van der Waals surface area contributed by atoms with Gasteiger partial charge in [0.2, 0.25) is 0 Å². The summed E-state index contributed by atoms with van der Waals surface area (Å²) in [5.74, 6) is 0.559. The Kier molecular flexibility index (Phi) is 6.49. The predicted molar refractivity (Wildman–Crippen MR) is 85.0 cm³/mol. The first-order chi connectivity index (χ1) is 9.96. The Bertz CT molecular complexity index is 447. The van der Waals surface area contributed by atoms with Crippen molar-refractivity contribution in [2.75, 3.05) is 39.3 Å². The highest BCUT2D eigenvalue weighted by Crippen LogP contribution is 2.20. The first kappa shape index (κ1) is 17.3. The predicted octanol–water partition coefficient (Wildman–Crippen LogP) is 2.06. The van der Waals surface area contributed by atoms with Gasteiger partial charge in [-0.3, -0.25) is 0 Å². The molecule has 21 heavy (non-hydrogen) atoms. The summed E-state index contributed by atoms with van der Waals surface area (Å²) in [6, 6.07) is 7.74. The van der Waals surface area contributed by atoms with Crippen LogP contribution in [0, 0.1) is 0 Å². The molecule has 1 aromatic carbocycles. The molecule has 0 amide bonds. The zero-order chi connectivity index (χ0) is 15.9. The number of hydrogen-bond acceptors (Lipinski definition) is 5. The van der Waals surface area contributed by atoms with Gasteiger partial charge in [0.25, 0.3) is 0 Å². The Labute approximate surface area is 127 Å². The fraction of sp³-hybridized carbons (Fsp3) is 0.562. The lowest BCUT2D eigenvalue weighted by Crippen LogP contribution is -2.57. The summed E-state index contributed by atoms with van der Waals surface area (Å²) in [4.78, 5) is 14.1. The lowest BCUT2D eigenvalue weighted by molar-refractivity contribution is -0.147. The molecule has 0 saturated heterocycles. The summed E-state index contributed by atoms with van der Waals surface area (Å²) in [6.07, 6.45) is 0.957. The van der Waals surface area contributed by atoms with Gasteiger partial charge >= 0.3 is 5.97 Å². The third-order valence-corrected chi connectivity index (χ3v) is 3.47. The summed E-state index contributed by atoms with van der Waals surface area (Å²) < 4.78 is 10.1. The van der Waals surface area contributed by atoms with Crippen LogP contribution in [0.2, 0.25) is 0 Å². The number of benzene rings is 1. The summed E-state index contributed by atoms with van der Waals surface area (Å²) in [6.45, 7) is 5.22. The van der Waals surface area contributed by atoms with E-state index >= 15 is 0 Å². The van der Waals surface area contributed by atoms with Crippen LogP contribution < -0.4 is 15.0 Å². The van der Waals surface area contributed by atoms with E-state index in [1.54, 1.807) is 7.11 Å². The summed E-state index contributed by atoms with van der Waals surface area (Å²) >= 11 is 0. The Balaban J connectivity index is 2.83. The summed E-state index contributed by atoms with van der Waals surface area (Å²) in [5.41, 5.74) is 0.281. The highest BCUT2D eigenvalue weighted by atomic mass is 16.5. The monoisotopic (exact) mass is 294 g/mol. The normalized spacial score (nSPS) is 13.4. The first-order valence-corrected chi connectivity index (χ1v) is 7.15. The first-order valence-electron chi connectivity index (χ1n) is 7.15. The van der Waals surface area contributed by atoms with Crippen LogP contribution in [0.4, 0.5) is 5.69 Å². The lowest BCUT2D eigenvalue weighted by Gasteiger charge is -2.33. The molecule has 0 radical (unpaired) electrons. The second-order valence-corrected chi connectivity index (χ2v) is 5.30. The van der Waals surface area contributed by atoms with E-state index in [9.17, 15) is 4.79 Å². The van der Waals surface area contributed by atoms with Crippen LogP contribution in [0.15, 0.2) is 24.3 Å². The molecule has 0 aliphatic carbocycles. The Morgan fingerprint density at radius 2 is 1.90 bits per heavy atom. The Hall–Kier alpha value is -1.75. The van der Waals surface area contributed by atoms with E-state index in [1.807, 2.05) is 43.1 Å². The van der Waals surface area contributed by atoms with Gasteiger partial charge in [0, 0.05) is 19.3 Å². The zero-order valence-corrected chi connectivity index (χ0v) is 13.6. The zero-order valence-electron chi connectivity index (χ0n) is 13.6. The van der Waals surface area contributed by atoms with Crippen molar-refractivity contribution < 1.29 is 14.3 Å². The fourth-order valence-electron chi connectivity index (χ4n) is 2.22. The average molecular weight is 294 g/mol. The van der Waals surface area contributed by atoms with Gasteiger partial charge < -0.3 is 19.7 Å². The van der Waals surface area contributed by atoms with Crippen molar-refractivity contribution in [3.63, 3.8) is 0 Å². The number of likely N-dealkylation sites (N-methyl/N-ethyl adjacent to an activating group) is 1. The number of nitrogens with one attached hydrogen (secondary N) is 1. The van der Waals surface area contributed by atoms with Gasteiger partial charge in [-0.1, -0.05) is 6.92 Å². The average Bonchev–Trinajstić information content (AvgIpc) is 2.52. The Morgan fingerprint density at radius 1 is 1.29 bits per heavy atom. The van der Waals surface area contributed by atoms with Crippen LogP contribution in [0.1, 0.15) is 20.3 Å². The van der Waals surface area contributed by atoms with E-state index in [1.165, 1.54) is 7.11 Å². The number of carbonyl (C=O) groups is 1. The molecule has 5 heteroatoms. The van der Waals surface area contributed by atoms with Gasteiger partial charge in [-0.05, 0) is 44.2 Å². The molecule has 0 aliphatic heterocycles. The van der Waals surface area contributed by atoms with Crippen LogP contribution >= 0.6 is 0 Å². The van der Waals surface area contributed by atoms with Crippen molar-refractivity contribution in [2.24, 2.45) is 0 Å². The molecule has 5 nitrogen and oxygen atoms in total. The van der Waals surface area contributed by atoms with Crippen molar-refractivity contribution in [1.82, 2.24) is 5.32 Å². The molecule has 1 atom stereocenters. The summed E-state index contributed by atoms with van der Waals surface area (Å²) in [5, 5.41) is 3.28. The number of esters is 1. The van der Waals surface area contributed by atoms with Crippen LogP contribution in [-0.4, -0.2) is 45.9 Å². The van der Waals surface area contributed by atoms with Crippen molar-refractivity contribution in [3.05, 3.63) is 24.3 Å². The lowest BCUT2D eigenvalue weighted by atomic mass is 10.0. The third-order valence-electron chi connectivity index (χ3n) is 3.47. The molecule has 0 spiro atoms. The van der Waals surface area contributed by atoms with E-state index in [2.05, 4.69) is 12.2 Å². The van der Waals surface area contributed by atoms with E-state index in [0.717, 1.165) is 24.4 Å². The fourth-order valence-corrected chi connectivity index (χ4v) is 2.22. The minimum atomic E-state index is -0.737. The largest absolute Gasteiger partial charge is 0.497 e. The van der Waals surface area contributed by atoms with E-state index in [-0.39, 0.29) is 5.97 Å². The minimum absolute atomic E-state index is 0.253. The topological polar surface area (TPSA) is 50.8 Å². The number of nitrogens with zero attached hydrogens (tertiary/aromatic N) is 1. The number of carbonyl (C=O) groups excluding carboxylic acids is 1. The molecule has 0 saturated carbocycles. The number of rotatable bonds is 8. The van der Waals surface area contributed by atoms with Crippen molar-refractivity contribution in [3.8, 4) is 5.75 Å². The van der Waals surface area contributed by atoms with Gasteiger partial charge in [-0.15, -0.1) is 0 Å². The maximum atomic E-state index is 12.1. The van der Waals surface area contributed by atoms with Gasteiger partial charge in [-0.2, -0.15) is 0 Å². The van der Waals surface area contributed by atoms with Crippen LogP contribution in [0.3, 0.4) is 0 Å². The van der Waals surface area contributed by atoms with Crippen LogP contribution in [-0.2, 0) is 9.53 Å². The quantitative estimate of drug-likeness (QED) is 0.744. The standard InChI is InChI=1S/C16H26N2O3/c1-6-11-17-16(2,15(19)21-5)12-18(3)13-7-9-14(20-4)10-8-13/h7-10,17H,6,11-12H2,1-5H3. The van der Waals surface area contributed by atoms with Crippen molar-refractivity contribution >= 4 is 11.7 Å². The maximum absolute atomic E-state index is 12.1. The molecule has 1 rings (SSSR count). The molecule has 1 N–H and O–H groups in total.